The van der Waals surface area contributed by atoms with Gasteiger partial charge in [0, 0.05) is 5.56 Å². The summed E-state index contributed by atoms with van der Waals surface area (Å²) in [6, 6.07) is 17.7. The topological polar surface area (TPSA) is 107 Å². The van der Waals surface area contributed by atoms with Crippen molar-refractivity contribution in [1.29, 1.82) is 0 Å². The lowest BCUT2D eigenvalue weighted by Crippen LogP contribution is -2.29. The molecule has 3 aromatic rings. The molecule has 0 radical (unpaired) electrons. The van der Waals surface area contributed by atoms with Gasteiger partial charge in [-0.1, -0.05) is 24.3 Å². The van der Waals surface area contributed by atoms with Gasteiger partial charge in [-0.2, -0.15) is 0 Å². The standard InChI is InChI=1S/C25H21NO6/c1-2-32-18-13-9-16(10-14-18)23(29)21-22(15-7-11-17(27)12-8-15)26(25(31)24(21)30)19-5-3-4-6-20(19)28/h3-14,22,27-29H,2H2,1H3/b23-21+. The summed E-state index contributed by atoms with van der Waals surface area (Å²) in [6.45, 7) is 2.34. The third-order valence-electron chi connectivity index (χ3n) is 5.23. The fourth-order valence-electron chi connectivity index (χ4n) is 3.75. The van der Waals surface area contributed by atoms with E-state index in [1.165, 1.54) is 24.3 Å². The molecule has 0 saturated carbocycles. The molecule has 1 heterocycles. The third kappa shape index (κ3) is 3.65. The number of carbonyl (C=O) groups excluding carboxylic acids is 2. The van der Waals surface area contributed by atoms with E-state index in [0.717, 1.165) is 4.90 Å². The zero-order valence-electron chi connectivity index (χ0n) is 17.2. The van der Waals surface area contributed by atoms with E-state index in [4.69, 9.17) is 4.74 Å². The van der Waals surface area contributed by atoms with Crippen molar-refractivity contribution in [2.75, 3.05) is 11.5 Å². The van der Waals surface area contributed by atoms with Crippen LogP contribution >= 0.6 is 0 Å². The number of ether oxygens (including phenoxy) is 1. The number of Topliss-reactive ketones (excluding diaryl/α,β-unsaturated/α-hetero) is 1. The minimum Gasteiger partial charge on any atom is -0.508 e. The summed E-state index contributed by atoms with van der Waals surface area (Å²) in [4.78, 5) is 27.3. The highest BCUT2D eigenvalue weighted by Gasteiger charge is 2.47. The number of aromatic hydroxyl groups is 2. The first-order chi connectivity index (χ1) is 15.4. The van der Waals surface area contributed by atoms with Crippen LogP contribution in [0.15, 0.2) is 78.4 Å². The van der Waals surface area contributed by atoms with E-state index in [0.29, 0.717) is 23.5 Å². The first-order valence-corrected chi connectivity index (χ1v) is 10.0. The van der Waals surface area contributed by atoms with Crippen molar-refractivity contribution in [2.45, 2.75) is 13.0 Å². The normalized spacial score (nSPS) is 17.5. The Bertz CT molecular complexity index is 1200. The molecule has 0 bridgehead atoms. The molecule has 3 aromatic carbocycles. The molecule has 1 aliphatic rings. The minimum absolute atomic E-state index is 0.0137. The largest absolute Gasteiger partial charge is 0.508 e. The first-order valence-electron chi connectivity index (χ1n) is 10.0. The van der Waals surface area contributed by atoms with Gasteiger partial charge in [-0.15, -0.1) is 0 Å². The average molecular weight is 431 g/mol. The highest BCUT2D eigenvalue weighted by molar-refractivity contribution is 6.51. The van der Waals surface area contributed by atoms with Gasteiger partial charge in [-0.25, -0.2) is 0 Å². The van der Waals surface area contributed by atoms with Crippen LogP contribution in [0.1, 0.15) is 24.1 Å². The van der Waals surface area contributed by atoms with E-state index in [-0.39, 0.29) is 28.5 Å². The van der Waals surface area contributed by atoms with Crippen LogP contribution < -0.4 is 9.64 Å². The molecule has 1 unspecified atom stereocenters. The molecule has 0 spiro atoms. The van der Waals surface area contributed by atoms with Crippen molar-refractivity contribution in [2.24, 2.45) is 0 Å². The zero-order valence-corrected chi connectivity index (χ0v) is 17.2. The lowest BCUT2D eigenvalue weighted by Gasteiger charge is -2.26. The number of phenols is 2. The molecule has 32 heavy (non-hydrogen) atoms. The van der Waals surface area contributed by atoms with Crippen LogP contribution in [0.3, 0.4) is 0 Å². The van der Waals surface area contributed by atoms with Gasteiger partial charge in [0.1, 0.15) is 23.0 Å². The number of rotatable bonds is 5. The van der Waals surface area contributed by atoms with Crippen LogP contribution in [-0.4, -0.2) is 33.6 Å². The summed E-state index contributed by atoms with van der Waals surface area (Å²) in [5, 5.41) is 31.1. The molecule has 0 aliphatic carbocycles. The molecule has 3 N–H and O–H groups in total. The number of aliphatic hydroxyl groups excluding tert-OH is 1. The summed E-state index contributed by atoms with van der Waals surface area (Å²) in [6.07, 6.45) is 0. The van der Waals surface area contributed by atoms with E-state index in [2.05, 4.69) is 0 Å². The predicted molar refractivity (Wildman–Crippen MR) is 119 cm³/mol. The Labute approximate surface area is 184 Å². The molecule has 7 nitrogen and oxygen atoms in total. The number of nitrogens with zero attached hydrogens (tertiary/aromatic N) is 1. The van der Waals surface area contributed by atoms with Crippen LogP contribution in [0.25, 0.3) is 5.76 Å². The van der Waals surface area contributed by atoms with Crippen molar-refractivity contribution in [3.63, 3.8) is 0 Å². The lowest BCUT2D eigenvalue weighted by molar-refractivity contribution is -0.132. The second kappa shape index (κ2) is 8.47. The molecule has 1 aliphatic heterocycles. The van der Waals surface area contributed by atoms with E-state index in [1.807, 2.05) is 6.92 Å². The molecular formula is C25H21NO6. The van der Waals surface area contributed by atoms with E-state index >= 15 is 0 Å². The molecule has 7 heteroatoms. The number of ketones is 1. The number of hydrogen-bond acceptors (Lipinski definition) is 6. The van der Waals surface area contributed by atoms with Crippen molar-refractivity contribution in [3.8, 4) is 17.2 Å². The molecule has 1 amide bonds. The molecule has 1 fully saturated rings. The summed E-state index contributed by atoms with van der Waals surface area (Å²) in [5.41, 5.74) is 0.844. The Balaban J connectivity index is 1.90. The van der Waals surface area contributed by atoms with Gasteiger partial charge in [0.2, 0.25) is 0 Å². The van der Waals surface area contributed by atoms with Gasteiger partial charge >= 0.3 is 0 Å². The Hall–Kier alpha value is -4.26. The van der Waals surface area contributed by atoms with Crippen LogP contribution in [0.2, 0.25) is 0 Å². The quantitative estimate of drug-likeness (QED) is 0.319. The van der Waals surface area contributed by atoms with E-state index < -0.39 is 17.7 Å². The Morgan fingerprint density at radius 2 is 1.59 bits per heavy atom. The maximum Gasteiger partial charge on any atom is 0.300 e. The smallest absolute Gasteiger partial charge is 0.300 e. The number of hydrogen-bond donors (Lipinski definition) is 3. The molecule has 1 saturated heterocycles. The second-order valence-electron chi connectivity index (χ2n) is 7.21. The maximum atomic E-state index is 13.1. The maximum absolute atomic E-state index is 13.1. The summed E-state index contributed by atoms with van der Waals surface area (Å²) in [7, 11) is 0. The Morgan fingerprint density at radius 1 is 0.938 bits per heavy atom. The second-order valence-corrected chi connectivity index (χ2v) is 7.21. The highest BCUT2D eigenvalue weighted by atomic mass is 16.5. The molecule has 162 valence electrons. The van der Waals surface area contributed by atoms with E-state index in [1.54, 1.807) is 48.5 Å². The zero-order chi connectivity index (χ0) is 22.8. The number of carbonyl (C=O) groups is 2. The van der Waals surface area contributed by atoms with Crippen LogP contribution in [0.4, 0.5) is 5.69 Å². The third-order valence-corrected chi connectivity index (χ3v) is 5.23. The molecule has 1 atom stereocenters. The van der Waals surface area contributed by atoms with Crippen LogP contribution in [0.5, 0.6) is 17.2 Å². The van der Waals surface area contributed by atoms with Gasteiger partial charge in [0.05, 0.1) is 23.9 Å². The fraction of sp³-hybridized carbons (Fsp3) is 0.120. The van der Waals surface area contributed by atoms with Gasteiger partial charge in [0.25, 0.3) is 11.7 Å². The van der Waals surface area contributed by atoms with Crippen molar-refractivity contribution in [3.05, 3.63) is 89.5 Å². The number of phenolic OH excluding ortho intramolecular Hbond substituents is 2. The Morgan fingerprint density at radius 3 is 2.22 bits per heavy atom. The number of aliphatic hydroxyl groups is 1. The van der Waals surface area contributed by atoms with E-state index in [9.17, 15) is 24.9 Å². The monoisotopic (exact) mass is 431 g/mol. The van der Waals surface area contributed by atoms with Crippen LogP contribution in [0, 0.1) is 0 Å². The molecule has 0 aromatic heterocycles. The first kappa shape index (κ1) is 21.0. The number of benzene rings is 3. The van der Waals surface area contributed by atoms with Crippen molar-refractivity contribution in [1.82, 2.24) is 0 Å². The van der Waals surface area contributed by atoms with Gasteiger partial charge < -0.3 is 20.1 Å². The van der Waals surface area contributed by atoms with Gasteiger partial charge in [-0.3, -0.25) is 14.5 Å². The molecule has 4 rings (SSSR count). The number of amides is 1. The fourth-order valence-corrected chi connectivity index (χ4v) is 3.75. The highest BCUT2D eigenvalue weighted by Crippen LogP contribution is 2.44. The minimum atomic E-state index is -1.00. The number of anilines is 1. The lowest BCUT2D eigenvalue weighted by atomic mass is 9.95. The summed E-state index contributed by atoms with van der Waals surface area (Å²) in [5.74, 6) is -1.66. The van der Waals surface area contributed by atoms with Crippen molar-refractivity contribution < 1.29 is 29.6 Å². The average Bonchev–Trinajstić information content (AvgIpc) is 3.05. The predicted octanol–water partition coefficient (Wildman–Crippen LogP) is 4.12. The SMILES string of the molecule is CCOc1ccc(/C(O)=C2\C(=O)C(=O)N(c3ccccc3O)C2c2ccc(O)cc2)cc1. The van der Waals surface area contributed by atoms with Crippen LogP contribution in [-0.2, 0) is 9.59 Å². The Kier molecular flexibility index (Phi) is 5.55. The van der Waals surface area contributed by atoms with Gasteiger partial charge in [0.15, 0.2) is 0 Å². The molecular weight excluding hydrogens is 410 g/mol. The summed E-state index contributed by atoms with van der Waals surface area (Å²) < 4.78 is 5.42. The number of para-hydroxylation sites is 2. The summed E-state index contributed by atoms with van der Waals surface area (Å²) >= 11 is 0. The van der Waals surface area contributed by atoms with Crippen molar-refractivity contribution >= 4 is 23.1 Å². The van der Waals surface area contributed by atoms with Gasteiger partial charge in [-0.05, 0) is 61.0 Å².